The highest BCUT2D eigenvalue weighted by Gasteiger charge is 2.24. The van der Waals surface area contributed by atoms with Crippen molar-refractivity contribution in [2.75, 3.05) is 55.3 Å². The number of carbonyl (C=O) groups excluding carboxylic acids is 2. The molecule has 218 valence electrons. The van der Waals surface area contributed by atoms with Crippen LogP contribution in [0.2, 0.25) is 0 Å². The zero-order valence-electron chi connectivity index (χ0n) is 23.5. The predicted molar refractivity (Wildman–Crippen MR) is 172 cm³/mol. The van der Waals surface area contributed by atoms with Gasteiger partial charge in [-0.05, 0) is 54.5 Å². The molecule has 10 nitrogen and oxygen atoms in total. The second kappa shape index (κ2) is 12.2. The highest BCUT2D eigenvalue weighted by Crippen LogP contribution is 2.39. The van der Waals surface area contributed by atoms with Gasteiger partial charge in [0.05, 0.1) is 23.4 Å². The van der Waals surface area contributed by atoms with E-state index in [9.17, 15) is 9.59 Å². The summed E-state index contributed by atoms with van der Waals surface area (Å²) >= 11 is 1.67. The smallest absolute Gasteiger partial charge is 0.254 e. The molecule has 2 aliphatic heterocycles. The number of amides is 2. The average molecular weight is 594 g/mol. The van der Waals surface area contributed by atoms with E-state index in [-0.39, 0.29) is 11.8 Å². The van der Waals surface area contributed by atoms with Crippen LogP contribution in [0.25, 0.3) is 27.2 Å². The van der Waals surface area contributed by atoms with E-state index in [1.165, 1.54) is 17.9 Å². The molecule has 11 heteroatoms. The van der Waals surface area contributed by atoms with Crippen LogP contribution in [0.1, 0.15) is 27.2 Å². The molecular formula is C32H31N7O3S. The van der Waals surface area contributed by atoms with Crippen LogP contribution in [0.5, 0.6) is 0 Å². The quantitative estimate of drug-likeness (QED) is 0.159. The second-order valence-corrected chi connectivity index (χ2v) is 11.3. The lowest BCUT2D eigenvalue weighted by molar-refractivity contribution is -0.111. The van der Waals surface area contributed by atoms with Crippen molar-refractivity contribution in [1.82, 2.24) is 14.9 Å². The first-order valence-corrected chi connectivity index (χ1v) is 14.8. The molecule has 0 radical (unpaired) electrons. The highest BCUT2D eigenvalue weighted by molar-refractivity contribution is 7.20. The number of carbonyl (C=O) groups is 2. The minimum Gasteiger partial charge on any atom is -0.398 e. The maximum absolute atomic E-state index is 13.2. The fourth-order valence-electron chi connectivity index (χ4n) is 5.27. The number of aromatic nitrogens is 2. The van der Waals surface area contributed by atoms with Crippen LogP contribution in [0.4, 0.5) is 17.2 Å². The summed E-state index contributed by atoms with van der Waals surface area (Å²) in [5.74, 6) is 1.05. The first-order valence-electron chi connectivity index (χ1n) is 14.0. The van der Waals surface area contributed by atoms with Gasteiger partial charge in [-0.2, -0.15) is 0 Å². The summed E-state index contributed by atoms with van der Waals surface area (Å²) < 4.78 is 6.60. The van der Waals surface area contributed by atoms with Crippen molar-refractivity contribution in [2.24, 2.45) is 0 Å². The Bertz CT molecular complexity index is 1760. The van der Waals surface area contributed by atoms with Gasteiger partial charge in [0.1, 0.15) is 0 Å². The maximum atomic E-state index is 13.2. The minimum atomic E-state index is -0.297. The summed E-state index contributed by atoms with van der Waals surface area (Å²) in [5, 5.41) is 10.6. The number of benzene rings is 2. The number of anilines is 3. The molecule has 1 fully saturated rings. The van der Waals surface area contributed by atoms with Crippen LogP contribution in [0.3, 0.4) is 0 Å². The van der Waals surface area contributed by atoms with Crippen molar-refractivity contribution >= 4 is 62.3 Å². The highest BCUT2D eigenvalue weighted by atomic mass is 32.1. The number of nitrogens with zero attached hydrogens (tertiary/aromatic N) is 4. The molecule has 2 aromatic heterocycles. The summed E-state index contributed by atoms with van der Waals surface area (Å²) in [6, 6.07) is 14.5. The summed E-state index contributed by atoms with van der Waals surface area (Å²) in [6.45, 7) is 7.26. The van der Waals surface area contributed by atoms with E-state index in [4.69, 9.17) is 25.8 Å². The van der Waals surface area contributed by atoms with Gasteiger partial charge >= 0.3 is 0 Å². The van der Waals surface area contributed by atoms with Crippen molar-refractivity contribution in [3.05, 3.63) is 83.3 Å². The van der Waals surface area contributed by atoms with E-state index in [0.717, 1.165) is 39.6 Å². The second-order valence-electron chi connectivity index (χ2n) is 10.2. The number of thiophene rings is 1. The first kappa shape index (κ1) is 28.3. The van der Waals surface area contributed by atoms with E-state index in [2.05, 4.69) is 28.9 Å². The normalized spacial score (nSPS) is 15.2. The van der Waals surface area contributed by atoms with Gasteiger partial charge in [0.2, 0.25) is 5.91 Å². The Morgan fingerprint density at radius 2 is 1.88 bits per heavy atom. The van der Waals surface area contributed by atoms with Crippen LogP contribution in [-0.4, -0.2) is 72.3 Å². The predicted octanol–water partition coefficient (Wildman–Crippen LogP) is 4.83. The molecule has 4 aromatic rings. The van der Waals surface area contributed by atoms with Gasteiger partial charge in [-0.25, -0.2) is 9.97 Å². The van der Waals surface area contributed by atoms with E-state index >= 15 is 0 Å². The number of fused-ring (bicyclic) bond motifs is 1. The first-order chi connectivity index (χ1) is 20.9. The van der Waals surface area contributed by atoms with E-state index in [1.54, 1.807) is 41.7 Å². The molecule has 6 rings (SSSR count). The van der Waals surface area contributed by atoms with Crippen molar-refractivity contribution < 1.29 is 14.3 Å². The van der Waals surface area contributed by atoms with Crippen LogP contribution in [0, 0.1) is 5.41 Å². The van der Waals surface area contributed by atoms with Gasteiger partial charge in [-0.1, -0.05) is 24.8 Å². The molecule has 0 atom stereocenters. The van der Waals surface area contributed by atoms with Crippen molar-refractivity contribution in [3.63, 3.8) is 0 Å². The summed E-state index contributed by atoms with van der Waals surface area (Å²) in [7, 11) is 0. The molecule has 43 heavy (non-hydrogen) atoms. The molecule has 0 spiro atoms. The fraction of sp³-hybridized carbons (Fsp3) is 0.219. The Kier molecular flexibility index (Phi) is 7.99. The van der Waals surface area contributed by atoms with Crippen molar-refractivity contribution in [1.29, 1.82) is 5.41 Å². The third-order valence-corrected chi connectivity index (χ3v) is 8.78. The number of morpholine rings is 1. The topological polar surface area (TPSA) is 138 Å². The molecule has 4 heterocycles. The fourth-order valence-corrected chi connectivity index (χ4v) is 6.45. The largest absolute Gasteiger partial charge is 0.398 e. The van der Waals surface area contributed by atoms with Crippen molar-refractivity contribution in [2.45, 2.75) is 6.42 Å². The van der Waals surface area contributed by atoms with Gasteiger partial charge < -0.3 is 31.0 Å². The molecule has 2 amide bonds. The number of nitrogen functional groups attached to an aromatic ring is 1. The van der Waals surface area contributed by atoms with Gasteiger partial charge in [-0.3, -0.25) is 9.59 Å². The molecule has 0 aliphatic carbocycles. The molecular weight excluding hydrogens is 562 g/mol. The number of nitrogens with one attached hydrogen (secondary N) is 2. The van der Waals surface area contributed by atoms with Gasteiger partial charge in [0.15, 0.2) is 11.6 Å². The van der Waals surface area contributed by atoms with Crippen LogP contribution >= 0.6 is 11.3 Å². The maximum Gasteiger partial charge on any atom is 0.254 e. The Morgan fingerprint density at radius 3 is 2.58 bits per heavy atom. The lowest BCUT2D eigenvalue weighted by atomic mass is 10.0. The lowest BCUT2D eigenvalue weighted by Crippen LogP contribution is -2.36. The Labute approximate surface area is 253 Å². The molecule has 0 bridgehead atoms. The van der Waals surface area contributed by atoms with Gasteiger partial charge in [-0.15, -0.1) is 11.3 Å². The SMILES string of the molecule is C=CC(=O)Nc1ccc(C(=O)N2CC=C(c3cc4nc(-c5cccc(N)c5C=N)nc(N5CCOCC5)c4s3)CC2)cc1. The molecule has 0 unspecified atom stereocenters. The number of nitrogens with two attached hydrogens (primary N) is 1. The molecule has 4 N–H and O–H groups in total. The van der Waals surface area contributed by atoms with E-state index < -0.39 is 0 Å². The summed E-state index contributed by atoms with van der Waals surface area (Å²) in [4.78, 5) is 39.8. The van der Waals surface area contributed by atoms with Gasteiger partial charge in [0.25, 0.3) is 5.91 Å². The van der Waals surface area contributed by atoms with Crippen LogP contribution in [-0.2, 0) is 9.53 Å². The molecule has 2 aliphatic rings. The minimum absolute atomic E-state index is 0.0533. The monoisotopic (exact) mass is 593 g/mol. The molecule has 1 saturated heterocycles. The lowest BCUT2D eigenvalue weighted by Gasteiger charge is -2.28. The average Bonchev–Trinajstić information content (AvgIpc) is 3.49. The standard InChI is InChI=1S/C32H31N7O3S/c1-2-28(40)35-22-8-6-21(7-9-22)32(41)39-12-10-20(11-13-39)27-18-26-29(43-27)31(38-14-16-42-17-15-38)37-30(36-26)23-4-3-5-25(34)24(23)19-33/h2-10,18-19,33H,1,11-17,34H2,(H,35,40). The van der Waals surface area contributed by atoms with E-state index in [1.807, 2.05) is 17.0 Å². The third kappa shape index (κ3) is 5.77. The summed E-state index contributed by atoms with van der Waals surface area (Å²) in [5.41, 5.74) is 11.2. The van der Waals surface area contributed by atoms with Crippen LogP contribution in [0.15, 0.2) is 67.3 Å². The van der Waals surface area contributed by atoms with Crippen molar-refractivity contribution in [3.8, 4) is 11.4 Å². The molecule has 2 aromatic carbocycles. The van der Waals surface area contributed by atoms with Crippen LogP contribution < -0.4 is 16.0 Å². The molecule has 0 saturated carbocycles. The zero-order chi connectivity index (χ0) is 29.9. The number of hydrogen-bond acceptors (Lipinski definition) is 9. The van der Waals surface area contributed by atoms with E-state index in [0.29, 0.717) is 61.1 Å². The third-order valence-electron chi connectivity index (χ3n) is 7.59. The number of ether oxygens (including phenoxy) is 1. The summed E-state index contributed by atoms with van der Waals surface area (Å²) in [6.07, 6.45) is 5.28. The Morgan fingerprint density at radius 1 is 1.09 bits per heavy atom. The van der Waals surface area contributed by atoms with Gasteiger partial charge in [0, 0.05) is 65.3 Å². The number of hydrogen-bond donors (Lipinski definition) is 3. The zero-order valence-corrected chi connectivity index (χ0v) is 24.3. The Balaban J connectivity index is 1.28. The number of rotatable bonds is 7. The Hall–Kier alpha value is -4.87.